The number of urea groups is 1. The maximum absolute atomic E-state index is 13.7. The summed E-state index contributed by atoms with van der Waals surface area (Å²) in [6.07, 6.45) is -4.55. The highest BCUT2D eigenvalue weighted by molar-refractivity contribution is 6.06. The van der Waals surface area contributed by atoms with Gasteiger partial charge in [-0.05, 0) is 60.2 Å². The van der Waals surface area contributed by atoms with Gasteiger partial charge in [0, 0.05) is 37.3 Å². The Morgan fingerprint density at radius 2 is 1.74 bits per heavy atom. The molecule has 0 bridgehead atoms. The first-order valence-corrected chi connectivity index (χ1v) is 14.7. The van der Waals surface area contributed by atoms with Gasteiger partial charge in [0.25, 0.3) is 5.91 Å². The smallest absolute Gasteiger partial charge is 0.418 e. The van der Waals surface area contributed by atoms with Crippen LogP contribution in [0.15, 0.2) is 55.1 Å². The summed E-state index contributed by atoms with van der Waals surface area (Å²) in [4.78, 5) is 64.7. The minimum Gasteiger partial charge on any atom is -0.427 e. The zero-order chi connectivity index (χ0) is 34.7. The Bertz CT molecular complexity index is 1580. The quantitative estimate of drug-likeness (QED) is 0.242. The number of anilines is 1. The molecule has 1 aliphatic heterocycles. The van der Waals surface area contributed by atoms with E-state index in [-0.39, 0.29) is 30.9 Å². The van der Waals surface area contributed by atoms with Crippen molar-refractivity contribution in [3.8, 4) is 0 Å². The highest BCUT2D eigenvalue weighted by Crippen LogP contribution is 2.46. The maximum Gasteiger partial charge on any atom is 0.418 e. The van der Waals surface area contributed by atoms with Crippen LogP contribution < -0.4 is 16.0 Å². The van der Waals surface area contributed by atoms with Gasteiger partial charge in [0.1, 0.15) is 18.4 Å². The average Bonchev–Trinajstić information content (AvgIpc) is 3.49. The van der Waals surface area contributed by atoms with Gasteiger partial charge in [-0.25, -0.2) is 18.9 Å². The van der Waals surface area contributed by atoms with Gasteiger partial charge in [-0.2, -0.15) is 13.2 Å². The summed E-state index contributed by atoms with van der Waals surface area (Å²) >= 11 is 0. The number of imide groups is 1. The van der Waals surface area contributed by atoms with Crippen molar-refractivity contribution >= 4 is 35.5 Å². The molecule has 1 heterocycles. The van der Waals surface area contributed by atoms with Crippen LogP contribution in [0.4, 0.5) is 32.8 Å². The van der Waals surface area contributed by atoms with Crippen molar-refractivity contribution in [2.45, 2.75) is 58.0 Å². The summed E-state index contributed by atoms with van der Waals surface area (Å²) in [5.74, 6) is -2.99. The summed E-state index contributed by atoms with van der Waals surface area (Å²) < 4.78 is 60.0. The fourth-order valence-electron chi connectivity index (χ4n) is 5.32. The van der Waals surface area contributed by atoms with Crippen LogP contribution in [-0.4, -0.2) is 71.5 Å². The van der Waals surface area contributed by atoms with Gasteiger partial charge in [0.2, 0.25) is 17.4 Å². The number of ether oxygens (including phenoxy) is 1. The molecule has 4 rings (SSSR count). The lowest BCUT2D eigenvalue weighted by Gasteiger charge is -2.31. The highest BCUT2D eigenvalue weighted by atomic mass is 19.4. The highest BCUT2D eigenvalue weighted by Gasteiger charge is 2.58. The fourth-order valence-corrected chi connectivity index (χ4v) is 5.32. The first-order chi connectivity index (χ1) is 22.0. The molecule has 1 saturated heterocycles. The van der Waals surface area contributed by atoms with E-state index in [2.05, 4.69) is 22.5 Å². The number of carbonyl (C=O) groups excluding carboxylic acids is 5. The van der Waals surface area contributed by atoms with E-state index < -0.39 is 66.1 Å². The van der Waals surface area contributed by atoms with E-state index in [1.807, 2.05) is 13.8 Å². The lowest BCUT2D eigenvalue weighted by molar-refractivity contribution is -0.187. The zero-order valence-electron chi connectivity index (χ0n) is 26.0. The molecule has 2 aromatic rings. The molecule has 1 aliphatic carbocycles. The fraction of sp³-hybridized carbons (Fsp3) is 0.406. The monoisotopic (exact) mass is 661 g/mol. The van der Waals surface area contributed by atoms with E-state index in [9.17, 15) is 41.5 Å². The number of halogens is 4. The second-order valence-electron chi connectivity index (χ2n) is 12.2. The molecule has 6 amide bonds. The van der Waals surface area contributed by atoms with Crippen LogP contribution in [0.25, 0.3) is 0 Å². The summed E-state index contributed by atoms with van der Waals surface area (Å²) in [6.45, 7) is 6.85. The summed E-state index contributed by atoms with van der Waals surface area (Å²) in [5.41, 5.74) is -0.715. The third kappa shape index (κ3) is 7.89. The zero-order valence-corrected chi connectivity index (χ0v) is 26.0. The number of carbonyl (C=O) groups is 5. The summed E-state index contributed by atoms with van der Waals surface area (Å²) in [6, 6.07) is 6.39. The first kappa shape index (κ1) is 34.9. The average molecular weight is 662 g/mol. The predicted molar refractivity (Wildman–Crippen MR) is 161 cm³/mol. The molecule has 2 aromatic carbocycles. The Labute approximate surface area is 268 Å². The molecular weight excluding hydrogens is 626 g/mol. The Morgan fingerprint density at radius 1 is 1.09 bits per heavy atom. The van der Waals surface area contributed by atoms with Gasteiger partial charge < -0.3 is 25.6 Å². The lowest BCUT2D eigenvalue weighted by Crippen LogP contribution is -2.51. The number of aryl methyl sites for hydroxylation is 1. The normalized spacial score (nSPS) is 18.0. The largest absolute Gasteiger partial charge is 0.427 e. The van der Waals surface area contributed by atoms with Gasteiger partial charge in [0.05, 0.1) is 0 Å². The van der Waals surface area contributed by atoms with E-state index in [0.29, 0.717) is 33.2 Å². The van der Waals surface area contributed by atoms with Crippen molar-refractivity contribution in [2.75, 3.05) is 25.0 Å². The molecule has 0 unspecified atom stereocenters. The predicted octanol–water partition coefficient (Wildman–Crippen LogP) is 4.38. The van der Waals surface area contributed by atoms with Crippen LogP contribution in [0.3, 0.4) is 0 Å². The Balaban J connectivity index is 1.44. The van der Waals surface area contributed by atoms with Crippen molar-refractivity contribution in [3.05, 3.63) is 77.6 Å². The third-order valence-electron chi connectivity index (χ3n) is 8.09. The molecule has 2 aliphatic rings. The second-order valence-corrected chi connectivity index (χ2v) is 12.2. The van der Waals surface area contributed by atoms with Crippen LogP contribution in [-0.2, 0) is 37.7 Å². The standard InChI is InChI=1S/C32H35F4N5O6/c1-5-25(42)37-17-30(3,4)18-38-28(45)39-23-10-11-24-21(14-23)12-13-31(24)27(44)41(29(46)47-31)16-26(43)40(19(2)32(34,35)36)15-20-6-8-22(33)9-7-20/h5-11,14,19H,1,12-13,15-18H2,2-4H3,(H,37,42)(H2,38,39,45)/t19-,31+/m0/s1. The van der Waals surface area contributed by atoms with Crippen LogP contribution in [0.5, 0.6) is 0 Å². The van der Waals surface area contributed by atoms with Crippen molar-refractivity contribution in [2.24, 2.45) is 5.41 Å². The van der Waals surface area contributed by atoms with Crippen molar-refractivity contribution in [1.82, 2.24) is 20.4 Å². The van der Waals surface area contributed by atoms with E-state index >= 15 is 0 Å². The van der Waals surface area contributed by atoms with Crippen molar-refractivity contribution < 1.29 is 46.3 Å². The van der Waals surface area contributed by atoms with Crippen LogP contribution in [0.1, 0.15) is 43.9 Å². The topological polar surface area (TPSA) is 137 Å². The number of fused-ring (bicyclic) bond motifs is 2. The molecule has 0 aromatic heterocycles. The van der Waals surface area contributed by atoms with E-state index in [0.717, 1.165) is 25.1 Å². The van der Waals surface area contributed by atoms with Crippen LogP contribution in [0.2, 0.25) is 0 Å². The molecule has 47 heavy (non-hydrogen) atoms. The molecule has 0 saturated carbocycles. The number of amides is 6. The van der Waals surface area contributed by atoms with E-state index in [1.54, 1.807) is 6.07 Å². The van der Waals surface area contributed by atoms with Gasteiger partial charge in [0.15, 0.2) is 0 Å². The number of nitrogens with one attached hydrogen (secondary N) is 3. The number of benzene rings is 2. The van der Waals surface area contributed by atoms with Gasteiger partial charge >= 0.3 is 18.3 Å². The van der Waals surface area contributed by atoms with Crippen LogP contribution in [0, 0.1) is 11.2 Å². The Kier molecular flexibility index (Phi) is 9.97. The summed E-state index contributed by atoms with van der Waals surface area (Å²) in [5, 5.41) is 8.10. The summed E-state index contributed by atoms with van der Waals surface area (Å²) in [7, 11) is 0. The number of nitrogens with zero attached hydrogens (tertiary/aromatic N) is 2. The minimum atomic E-state index is -4.82. The van der Waals surface area contributed by atoms with Crippen LogP contribution >= 0.6 is 0 Å². The molecule has 252 valence electrons. The molecule has 1 fully saturated rings. The van der Waals surface area contributed by atoms with E-state index in [4.69, 9.17) is 4.74 Å². The van der Waals surface area contributed by atoms with Gasteiger partial charge in [-0.15, -0.1) is 0 Å². The minimum absolute atomic E-state index is 0.0239. The molecule has 15 heteroatoms. The van der Waals surface area contributed by atoms with Gasteiger partial charge in [-0.3, -0.25) is 14.4 Å². The van der Waals surface area contributed by atoms with E-state index in [1.165, 1.54) is 24.3 Å². The third-order valence-corrected chi connectivity index (χ3v) is 8.09. The maximum atomic E-state index is 13.7. The van der Waals surface area contributed by atoms with Crippen molar-refractivity contribution in [1.29, 1.82) is 0 Å². The number of rotatable bonds is 11. The molecule has 0 radical (unpaired) electrons. The SMILES string of the molecule is C=CC(=O)NCC(C)(C)CNC(=O)Nc1ccc2c(c1)CC[C@@]21OC(=O)N(CC(=O)N(Cc2ccc(F)cc2)[C@@H](C)C(F)(F)F)C1=O. The van der Waals surface area contributed by atoms with Crippen molar-refractivity contribution in [3.63, 3.8) is 0 Å². The first-order valence-electron chi connectivity index (χ1n) is 14.7. The van der Waals surface area contributed by atoms with Gasteiger partial charge in [-0.1, -0.05) is 38.6 Å². The molecule has 3 N–H and O–H groups in total. The lowest BCUT2D eigenvalue weighted by atomic mass is 9.93. The number of hydrogen-bond donors (Lipinski definition) is 3. The molecule has 11 nitrogen and oxygen atoms in total. The Morgan fingerprint density at radius 3 is 2.38 bits per heavy atom. The Hall–Kier alpha value is -4.95. The number of alkyl halides is 3. The molecule has 1 spiro atoms. The second kappa shape index (κ2) is 13.4. The number of hydrogen-bond acceptors (Lipinski definition) is 6. The molecular formula is C32H35F4N5O6. The molecule has 2 atom stereocenters.